The van der Waals surface area contributed by atoms with E-state index in [0.717, 1.165) is 16.9 Å². The molecular formula is C13H14N2O2. The van der Waals surface area contributed by atoms with E-state index in [2.05, 4.69) is 5.10 Å². The van der Waals surface area contributed by atoms with Gasteiger partial charge in [-0.05, 0) is 31.5 Å². The second kappa shape index (κ2) is 4.41. The van der Waals surface area contributed by atoms with E-state index in [1.54, 1.807) is 4.68 Å². The lowest BCUT2D eigenvalue weighted by Gasteiger charge is -2.10. The molecular weight excluding hydrogens is 216 g/mol. The monoisotopic (exact) mass is 230 g/mol. The van der Waals surface area contributed by atoms with Gasteiger partial charge in [0.2, 0.25) is 5.43 Å². The number of hydrogen-bond acceptors (Lipinski definition) is 3. The van der Waals surface area contributed by atoms with Crippen molar-refractivity contribution in [3.63, 3.8) is 0 Å². The first-order valence-electron chi connectivity index (χ1n) is 5.34. The molecule has 0 fully saturated rings. The Labute approximate surface area is 99.5 Å². The van der Waals surface area contributed by atoms with Crippen molar-refractivity contribution in [1.29, 1.82) is 0 Å². The van der Waals surface area contributed by atoms with Gasteiger partial charge in [0, 0.05) is 11.8 Å². The SMILES string of the molecule is COc1nn(-c2cccc(C)c2)c(C)cc1=O. The molecule has 0 atom stereocenters. The summed E-state index contributed by atoms with van der Waals surface area (Å²) in [6, 6.07) is 9.43. The van der Waals surface area contributed by atoms with Crippen LogP contribution in [-0.2, 0) is 0 Å². The van der Waals surface area contributed by atoms with E-state index >= 15 is 0 Å². The van der Waals surface area contributed by atoms with Crippen LogP contribution in [0.25, 0.3) is 5.69 Å². The lowest BCUT2D eigenvalue weighted by atomic mass is 10.2. The average molecular weight is 230 g/mol. The molecule has 1 aromatic carbocycles. The molecule has 0 aliphatic carbocycles. The molecule has 2 aromatic rings. The fraction of sp³-hybridized carbons (Fsp3) is 0.231. The first-order chi connectivity index (χ1) is 8.11. The van der Waals surface area contributed by atoms with Crippen LogP contribution in [0.4, 0.5) is 0 Å². The molecule has 4 nitrogen and oxygen atoms in total. The summed E-state index contributed by atoms with van der Waals surface area (Å²) in [5.74, 6) is 0.108. The zero-order valence-corrected chi connectivity index (χ0v) is 10.1. The molecule has 0 aliphatic heterocycles. The molecule has 88 valence electrons. The Kier molecular flexibility index (Phi) is 2.95. The molecule has 0 amide bonds. The van der Waals surface area contributed by atoms with E-state index in [0.29, 0.717) is 0 Å². The second-order valence-corrected chi connectivity index (χ2v) is 3.91. The minimum Gasteiger partial charge on any atom is -0.477 e. The van der Waals surface area contributed by atoms with Gasteiger partial charge < -0.3 is 4.74 Å². The Bertz CT molecular complexity index is 603. The Morgan fingerprint density at radius 3 is 2.65 bits per heavy atom. The van der Waals surface area contributed by atoms with Crippen molar-refractivity contribution in [3.8, 4) is 11.6 Å². The number of hydrogen-bond donors (Lipinski definition) is 0. The highest BCUT2D eigenvalue weighted by molar-refractivity contribution is 5.36. The van der Waals surface area contributed by atoms with Crippen LogP contribution >= 0.6 is 0 Å². The largest absolute Gasteiger partial charge is 0.477 e. The zero-order valence-electron chi connectivity index (χ0n) is 10.1. The fourth-order valence-electron chi connectivity index (χ4n) is 1.69. The summed E-state index contributed by atoms with van der Waals surface area (Å²) >= 11 is 0. The molecule has 4 heteroatoms. The highest BCUT2D eigenvalue weighted by Crippen LogP contribution is 2.12. The first kappa shape index (κ1) is 11.4. The van der Waals surface area contributed by atoms with Crippen molar-refractivity contribution in [2.45, 2.75) is 13.8 Å². The number of methoxy groups -OCH3 is 1. The molecule has 0 radical (unpaired) electrons. The van der Waals surface area contributed by atoms with Crippen molar-refractivity contribution >= 4 is 0 Å². The van der Waals surface area contributed by atoms with E-state index in [4.69, 9.17) is 4.74 Å². The summed E-state index contributed by atoms with van der Waals surface area (Å²) in [4.78, 5) is 11.5. The van der Waals surface area contributed by atoms with Crippen LogP contribution < -0.4 is 10.2 Å². The topological polar surface area (TPSA) is 44.1 Å². The summed E-state index contributed by atoms with van der Waals surface area (Å²) in [6.45, 7) is 3.86. The van der Waals surface area contributed by atoms with Crippen LogP contribution in [0.3, 0.4) is 0 Å². The summed E-state index contributed by atoms with van der Waals surface area (Å²) < 4.78 is 6.65. The summed E-state index contributed by atoms with van der Waals surface area (Å²) in [7, 11) is 1.44. The third-order valence-corrected chi connectivity index (χ3v) is 2.52. The fourth-order valence-corrected chi connectivity index (χ4v) is 1.69. The lowest BCUT2D eigenvalue weighted by Crippen LogP contribution is -2.15. The molecule has 0 aliphatic rings. The highest BCUT2D eigenvalue weighted by Gasteiger charge is 2.07. The molecule has 0 N–H and O–H groups in total. The number of rotatable bonds is 2. The van der Waals surface area contributed by atoms with Crippen LogP contribution in [0, 0.1) is 13.8 Å². The molecule has 0 bridgehead atoms. The van der Waals surface area contributed by atoms with Gasteiger partial charge in [-0.2, -0.15) is 0 Å². The van der Waals surface area contributed by atoms with E-state index < -0.39 is 0 Å². The predicted octanol–water partition coefficient (Wildman–Crippen LogP) is 1.86. The van der Waals surface area contributed by atoms with Gasteiger partial charge in [-0.1, -0.05) is 12.1 Å². The van der Waals surface area contributed by atoms with Crippen LogP contribution in [0.2, 0.25) is 0 Å². The molecule has 1 aromatic heterocycles. The van der Waals surface area contributed by atoms with E-state index in [1.165, 1.54) is 13.2 Å². The van der Waals surface area contributed by atoms with Crippen LogP contribution in [-0.4, -0.2) is 16.9 Å². The highest BCUT2D eigenvalue weighted by atomic mass is 16.5. The molecule has 2 rings (SSSR count). The third kappa shape index (κ3) is 2.20. The van der Waals surface area contributed by atoms with Crippen LogP contribution in [0.5, 0.6) is 5.88 Å². The van der Waals surface area contributed by atoms with Crippen molar-refractivity contribution in [2.24, 2.45) is 0 Å². The molecule has 0 saturated heterocycles. The zero-order chi connectivity index (χ0) is 12.4. The standard InChI is InChI=1S/C13H14N2O2/c1-9-5-4-6-11(7-9)15-10(2)8-12(16)13(14-15)17-3/h4-8H,1-3H3. The summed E-state index contributed by atoms with van der Waals surface area (Å²) in [5.41, 5.74) is 2.64. The second-order valence-electron chi connectivity index (χ2n) is 3.91. The van der Waals surface area contributed by atoms with Crippen molar-refractivity contribution < 1.29 is 4.74 Å². The molecule has 1 heterocycles. The predicted molar refractivity (Wildman–Crippen MR) is 65.9 cm³/mol. The van der Waals surface area contributed by atoms with Gasteiger partial charge in [0.25, 0.3) is 5.88 Å². The quantitative estimate of drug-likeness (QED) is 0.791. The van der Waals surface area contributed by atoms with E-state index in [9.17, 15) is 4.79 Å². The molecule has 17 heavy (non-hydrogen) atoms. The maximum absolute atomic E-state index is 11.5. The Hall–Kier alpha value is -2.10. The van der Waals surface area contributed by atoms with Gasteiger partial charge in [-0.15, -0.1) is 5.10 Å². The van der Waals surface area contributed by atoms with Gasteiger partial charge in [0.05, 0.1) is 12.8 Å². The number of aromatic nitrogens is 2. The summed E-state index contributed by atoms with van der Waals surface area (Å²) in [5, 5.41) is 4.18. The first-order valence-corrected chi connectivity index (χ1v) is 5.34. The summed E-state index contributed by atoms with van der Waals surface area (Å²) in [6.07, 6.45) is 0. The minimum atomic E-state index is -0.200. The normalized spacial score (nSPS) is 10.3. The Morgan fingerprint density at radius 1 is 1.24 bits per heavy atom. The van der Waals surface area contributed by atoms with Crippen molar-refractivity contribution in [1.82, 2.24) is 9.78 Å². The Balaban J connectivity index is 2.63. The maximum Gasteiger partial charge on any atom is 0.279 e. The maximum atomic E-state index is 11.5. The van der Waals surface area contributed by atoms with Crippen LogP contribution in [0.1, 0.15) is 11.3 Å². The number of benzene rings is 1. The van der Waals surface area contributed by atoms with Gasteiger partial charge in [0.1, 0.15) is 0 Å². The van der Waals surface area contributed by atoms with Gasteiger partial charge in [-0.3, -0.25) is 4.79 Å². The van der Waals surface area contributed by atoms with Gasteiger partial charge in [-0.25, -0.2) is 4.68 Å². The minimum absolute atomic E-state index is 0.108. The Morgan fingerprint density at radius 2 is 2.00 bits per heavy atom. The lowest BCUT2D eigenvalue weighted by molar-refractivity contribution is 0.382. The molecule has 0 unspecified atom stereocenters. The van der Waals surface area contributed by atoms with E-state index in [1.807, 2.05) is 38.1 Å². The van der Waals surface area contributed by atoms with E-state index in [-0.39, 0.29) is 11.3 Å². The van der Waals surface area contributed by atoms with Crippen LogP contribution in [0.15, 0.2) is 35.1 Å². The molecule has 0 saturated carbocycles. The smallest absolute Gasteiger partial charge is 0.279 e. The number of aryl methyl sites for hydroxylation is 2. The van der Waals surface area contributed by atoms with Crippen molar-refractivity contribution in [2.75, 3.05) is 7.11 Å². The number of ether oxygens (including phenoxy) is 1. The molecule has 0 spiro atoms. The average Bonchev–Trinajstić information content (AvgIpc) is 2.29. The third-order valence-electron chi connectivity index (χ3n) is 2.52. The number of nitrogens with zero attached hydrogens (tertiary/aromatic N) is 2. The van der Waals surface area contributed by atoms with Gasteiger partial charge >= 0.3 is 0 Å². The van der Waals surface area contributed by atoms with Crippen molar-refractivity contribution in [3.05, 3.63) is 51.8 Å². The van der Waals surface area contributed by atoms with Gasteiger partial charge in [0.15, 0.2) is 0 Å².